The van der Waals surface area contributed by atoms with Gasteiger partial charge in [-0.1, -0.05) is 44.1 Å². The average Bonchev–Trinajstić information content (AvgIpc) is 3.04. The van der Waals surface area contributed by atoms with Crippen molar-refractivity contribution in [3.63, 3.8) is 0 Å². The number of benzene rings is 1. The Bertz CT molecular complexity index is 1130. The summed E-state index contributed by atoms with van der Waals surface area (Å²) in [7, 11) is 0. The number of hydrogen-bond donors (Lipinski definition) is 0. The van der Waals surface area contributed by atoms with Gasteiger partial charge >= 0.3 is 12.1 Å². The minimum atomic E-state index is -4.62. The Kier molecular flexibility index (Phi) is 5.40. The maximum atomic E-state index is 13.4. The van der Waals surface area contributed by atoms with Crippen molar-refractivity contribution in [2.45, 2.75) is 33.9 Å². The quantitative estimate of drug-likeness (QED) is 0.553. The van der Waals surface area contributed by atoms with Gasteiger partial charge in [-0.05, 0) is 19.1 Å². The van der Waals surface area contributed by atoms with Gasteiger partial charge in [0.15, 0.2) is 12.4 Å². The van der Waals surface area contributed by atoms with Gasteiger partial charge in [-0.25, -0.2) is 9.78 Å². The standard InChI is InChI=1S/C21H19F3N2O4/c1-11-17-13(19(28)29-10-16(27)20(2,3)4)9-15(25-18(17)30-26-11)12-7-5-6-8-14(12)21(22,23)24/h5-9H,10H2,1-4H3. The zero-order valence-electron chi connectivity index (χ0n) is 16.8. The number of ether oxygens (including phenoxy) is 1. The molecular weight excluding hydrogens is 401 g/mol. The van der Waals surface area contributed by atoms with Gasteiger partial charge in [0.2, 0.25) is 0 Å². The summed E-state index contributed by atoms with van der Waals surface area (Å²) in [6, 6.07) is 6.06. The summed E-state index contributed by atoms with van der Waals surface area (Å²) in [4.78, 5) is 28.9. The molecule has 0 radical (unpaired) electrons. The van der Waals surface area contributed by atoms with Crippen molar-refractivity contribution in [3.8, 4) is 11.3 Å². The monoisotopic (exact) mass is 420 g/mol. The second-order valence-corrected chi connectivity index (χ2v) is 7.80. The van der Waals surface area contributed by atoms with E-state index in [1.165, 1.54) is 24.3 Å². The first-order chi connectivity index (χ1) is 13.9. The Morgan fingerprint density at radius 1 is 1.13 bits per heavy atom. The highest BCUT2D eigenvalue weighted by Crippen LogP contribution is 2.37. The molecule has 0 aliphatic rings. The third kappa shape index (κ3) is 4.19. The number of halogens is 3. The van der Waals surface area contributed by atoms with Crippen molar-refractivity contribution in [3.05, 3.63) is 47.2 Å². The molecule has 9 heteroatoms. The van der Waals surface area contributed by atoms with Crippen LogP contribution in [0.5, 0.6) is 0 Å². The largest absolute Gasteiger partial charge is 0.454 e. The van der Waals surface area contributed by atoms with Crippen molar-refractivity contribution in [2.75, 3.05) is 6.61 Å². The molecule has 0 aliphatic carbocycles. The molecular formula is C21H19F3N2O4. The molecule has 0 atom stereocenters. The van der Waals surface area contributed by atoms with E-state index in [1.807, 2.05) is 0 Å². The van der Waals surface area contributed by atoms with Crippen molar-refractivity contribution in [1.29, 1.82) is 0 Å². The second-order valence-electron chi connectivity index (χ2n) is 7.80. The summed E-state index contributed by atoms with van der Waals surface area (Å²) in [6.45, 7) is 6.15. The third-order valence-electron chi connectivity index (χ3n) is 4.52. The number of fused-ring (bicyclic) bond motifs is 1. The lowest BCUT2D eigenvalue weighted by atomic mass is 9.91. The van der Waals surface area contributed by atoms with Gasteiger partial charge in [-0.2, -0.15) is 13.2 Å². The van der Waals surface area contributed by atoms with Crippen LogP contribution in [-0.2, 0) is 15.7 Å². The molecule has 0 saturated carbocycles. The van der Waals surface area contributed by atoms with Gasteiger partial charge in [0.1, 0.15) is 0 Å². The SMILES string of the molecule is Cc1noc2nc(-c3ccccc3C(F)(F)F)cc(C(=O)OCC(=O)C(C)(C)C)c12. The van der Waals surface area contributed by atoms with E-state index in [0.29, 0.717) is 5.69 Å². The second kappa shape index (κ2) is 7.55. The van der Waals surface area contributed by atoms with Gasteiger partial charge in [0.05, 0.1) is 27.9 Å². The summed E-state index contributed by atoms with van der Waals surface area (Å²) in [5, 5.41) is 3.96. The van der Waals surface area contributed by atoms with Gasteiger partial charge in [0, 0.05) is 11.0 Å². The van der Waals surface area contributed by atoms with Crippen LogP contribution in [0.4, 0.5) is 13.2 Å². The first-order valence-electron chi connectivity index (χ1n) is 9.03. The average molecular weight is 420 g/mol. The first kappa shape index (κ1) is 21.5. The summed E-state index contributed by atoms with van der Waals surface area (Å²) < 4.78 is 50.5. The Labute approximate surface area is 170 Å². The molecule has 30 heavy (non-hydrogen) atoms. The number of carbonyl (C=O) groups is 2. The molecule has 2 heterocycles. The maximum Gasteiger partial charge on any atom is 0.417 e. The predicted octanol–water partition coefficient (Wildman–Crippen LogP) is 4.99. The van der Waals surface area contributed by atoms with Gasteiger partial charge in [-0.3, -0.25) is 4.79 Å². The summed E-state index contributed by atoms with van der Waals surface area (Å²) >= 11 is 0. The number of aromatic nitrogens is 2. The number of aryl methyl sites for hydroxylation is 1. The van der Waals surface area contributed by atoms with Crippen LogP contribution >= 0.6 is 0 Å². The zero-order chi connectivity index (χ0) is 22.3. The molecule has 0 saturated heterocycles. The molecule has 0 N–H and O–H groups in total. The number of rotatable bonds is 4. The molecule has 0 bridgehead atoms. The minimum absolute atomic E-state index is 0.0764. The lowest BCUT2D eigenvalue weighted by molar-refractivity contribution is -0.137. The van der Waals surface area contributed by atoms with E-state index in [2.05, 4.69) is 10.1 Å². The number of carbonyl (C=O) groups excluding carboxylic acids is 2. The van der Waals surface area contributed by atoms with Gasteiger partial charge in [0.25, 0.3) is 5.71 Å². The van der Waals surface area contributed by atoms with Crippen LogP contribution in [0.2, 0.25) is 0 Å². The van der Waals surface area contributed by atoms with Crippen molar-refractivity contribution >= 4 is 22.9 Å². The van der Waals surface area contributed by atoms with E-state index < -0.39 is 29.7 Å². The third-order valence-corrected chi connectivity index (χ3v) is 4.52. The predicted molar refractivity (Wildman–Crippen MR) is 102 cm³/mol. The Morgan fingerprint density at radius 2 is 1.80 bits per heavy atom. The van der Waals surface area contributed by atoms with E-state index in [-0.39, 0.29) is 33.7 Å². The van der Waals surface area contributed by atoms with E-state index in [1.54, 1.807) is 27.7 Å². The van der Waals surface area contributed by atoms with Crippen molar-refractivity contribution < 1.29 is 32.0 Å². The Balaban J connectivity index is 2.09. The number of Topliss-reactive ketones (excluding diaryl/α,β-unsaturated/α-hetero) is 1. The van der Waals surface area contributed by atoms with Crippen molar-refractivity contribution in [1.82, 2.24) is 10.1 Å². The Morgan fingerprint density at radius 3 is 2.43 bits per heavy atom. The van der Waals surface area contributed by atoms with Crippen LogP contribution in [0.15, 0.2) is 34.9 Å². The topological polar surface area (TPSA) is 82.3 Å². The molecule has 0 fully saturated rings. The van der Waals surface area contributed by atoms with E-state index >= 15 is 0 Å². The van der Waals surface area contributed by atoms with E-state index in [0.717, 1.165) is 6.07 Å². The highest BCUT2D eigenvalue weighted by atomic mass is 19.4. The normalized spacial score (nSPS) is 12.2. The maximum absolute atomic E-state index is 13.4. The molecule has 6 nitrogen and oxygen atoms in total. The van der Waals surface area contributed by atoms with Crippen LogP contribution in [0.1, 0.15) is 42.4 Å². The Hall–Kier alpha value is -3.23. The smallest absolute Gasteiger partial charge is 0.417 e. The summed E-state index contributed by atoms with van der Waals surface area (Å²) in [5.41, 5.74) is -1.82. The number of nitrogens with zero attached hydrogens (tertiary/aromatic N) is 2. The molecule has 0 amide bonds. The van der Waals surface area contributed by atoms with E-state index in [9.17, 15) is 22.8 Å². The lowest BCUT2D eigenvalue weighted by Crippen LogP contribution is -2.26. The van der Waals surface area contributed by atoms with Gasteiger partial charge < -0.3 is 9.26 Å². The van der Waals surface area contributed by atoms with Crippen LogP contribution in [0.3, 0.4) is 0 Å². The first-order valence-corrected chi connectivity index (χ1v) is 9.03. The lowest BCUT2D eigenvalue weighted by Gasteiger charge is -2.16. The van der Waals surface area contributed by atoms with Crippen LogP contribution in [-0.4, -0.2) is 28.5 Å². The zero-order valence-corrected chi connectivity index (χ0v) is 16.8. The van der Waals surface area contributed by atoms with Crippen LogP contribution in [0, 0.1) is 12.3 Å². The van der Waals surface area contributed by atoms with Gasteiger partial charge in [-0.15, -0.1) is 0 Å². The molecule has 3 rings (SSSR count). The highest BCUT2D eigenvalue weighted by Gasteiger charge is 2.34. The number of hydrogen-bond acceptors (Lipinski definition) is 6. The van der Waals surface area contributed by atoms with Crippen molar-refractivity contribution in [2.24, 2.45) is 5.41 Å². The minimum Gasteiger partial charge on any atom is -0.454 e. The highest BCUT2D eigenvalue weighted by molar-refractivity contribution is 6.05. The summed E-state index contributed by atoms with van der Waals surface area (Å²) in [6.07, 6.45) is -4.62. The molecule has 158 valence electrons. The van der Waals surface area contributed by atoms with Crippen LogP contribution in [0.25, 0.3) is 22.4 Å². The number of ketones is 1. The molecule has 0 spiro atoms. The fourth-order valence-corrected chi connectivity index (χ4v) is 2.77. The number of alkyl halides is 3. The fraction of sp³-hybridized carbons (Fsp3) is 0.333. The molecule has 0 aliphatic heterocycles. The molecule has 0 unspecified atom stereocenters. The molecule has 3 aromatic rings. The van der Waals surface area contributed by atoms with E-state index in [4.69, 9.17) is 9.26 Å². The number of esters is 1. The molecule has 2 aromatic heterocycles. The van der Waals surface area contributed by atoms with Crippen LogP contribution < -0.4 is 0 Å². The fourth-order valence-electron chi connectivity index (χ4n) is 2.77. The summed E-state index contributed by atoms with van der Waals surface area (Å²) in [5.74, 6) is -1.18. The number of pyridine rings is 1. The molecule has 1 aromatic carbocycles.